The molecular formula is C22H18N4O2. The van der Waals surface area contributed by atoms with Gasteiger partial charge in [0.05, 0.1) is 11.3 Å². The zero-order valence-corrected chi connectivity index (χ0v) is 15.3. The summed E-state index contributed by atoms with van der Waals surface area (Å²) in [6.45, 7) is 2.01. The van der Waals surface area contributed by atoms with Crippen LogP contribution in [0.1, 0.15) is 39.0 Å². The summed E-state index contributed by atoms with van der Waals surface area (Å²) >= 11 is 0. The van der Waals surface area contributed by atoms with Crippen molar-refractivity contribution in [3.05, 3.63) is 89.2 Å². The molecule has 2 N–H and O–H groups in total. The largest absolute Gasteiger partial charge is 0.320 e. The van der Waals surface area contributed by atoms with Crippen LogP contribution in [0.3, 0.4) is 0 Å². The van der Waals surface area contributed by atoms with Crippen molar-refractivity contribution in [2.75, 3.05) is 10.6 Å². The van der Waals surface area contributed by atoms with Gasteiger partial charge in [-0.2, -0.15) is 5.26 Å². The van der Waals surface area contributed by atoms with Crippen LogP contribution in [0.25, 0.3) is 0 Å². The van der Waals surface area contributed by atoms with Gasteiger partial charge in [-0.15, -0.1) is 0 Å². The maximum Gasteiger partial charge on any atom is 0.274 e. The summed E-state index contributed by atoms with van der Waals surface area (Å²) < 4.78 is 0. The number of amides is 2. The third-order valence-electron chi connectivity index (χ3n) is 4.16. The third kappa shape index (κ3) is 4.22. The van der Waals surface area contributed by atoms with Gasteiger partial charge in [0.25, 0.3) is 11.8 Å². The number of pyridine rings is 1. The lowest BCUT2D eigenvalue weighted by Gasteiger charge is -2.10. The van der Waals surface area contributed by atoms with Crippen LogP contribution in [-0.4, -0.2) is 16.8 Å². The van der Waals surface area contributed by atoms with E-state index in [9.17, 15) is 9.59 Å². The number of para-hydroxylation sites is 2. The summed E-state index contributed by atoms with van der Waals surface area (Å²) in [7, 11) is 0. The van der Waals surface area contributed by atoms with E-state index in [1.165, 1.54) is 6.07 Å². The highest BCUT2D eigenvalue weighted by molar-refractivity contribution is 6.06. The molecule has 0 saturated carbocycles. The minimum Gasteiger partial charge on any atom is -0.320 e. The summed E-state index contributed by atoms with van der Waals surface area (Å²) in [5.41, 5.74) is 2.69. The van der Waals surface area contributed by atoms with E-state index in [4.69, 9.17) is 5.26 Å². The van der Waals surface area contributed by atoms with E-state index in [2.05, 4.69) is 15.6 Å². The van der Waals surface area contributed by atoms with Crippen LogP contribution in [0.2, 0.25) is 0 Å². The van der Waals surface area contributed by atoms with E-state index >= 15 is 0 Å². The summed E-state index contributed by atoms with van der Waals surface area (Å²) in [5.74, 6) is -0.890. The summed E-state index contributed by atoms with van der Waals surface area (Å²) in [6, 6.07) is 20.9. The molecule has 0 bridgehead atoms. The SMILES string of the molecule is CCc1ccccc1NC(=O)c1cccc(C(=O)Nc2ccccc2C#N)n1. The van der Waals surface area contributed by atoms with E-state index in [0.29, 0.717) is 11.3 Å². The summed E-state index contributed by atoms with van der Waals surface area (Å²) in [4.78, 5) is 29.2. The molecule has 0 aliphatic rings. The fourth-order valence-electron chi connectivity index (χ4n) is 2.70. The predicted molar refractivity (Wildman–Crippen MR) is 107 cm³/mol. The molecular weight excluding hydrogens is 352 g/mol. The van der Waals surface area contributed by atoms with Gasteiger partial charge in [-0.1, -0.05) is 43.3 Å². The molecule has 2 aromatic carbocycles. The van der Waals surface area contributed by atoms with Crippen molar-refractivity contribution in [2.24, 2.45) is 0 Å². The molecule has 1 aromatic heterocycles. The number of benzene rings is 2. The normalized spacial score (nSPS) is 10.0. The van der Waals surface area contributed by atoms with Crippen LogP contribution in [0, 0.1) is 11.3 Å². The first-order chi connectivity index (χ1) is 13.6. The number of nitrogens with zero attached hydrogens (tertiary/aromatic N) is 2. The molecule has 3 rings (SSSR count). The molecule has 0 radical (unpaired) electrons. The number of nitriles is 1. The Morgan fingerprint density at radius 3 is 2.07 bits per heavy atom. The molecule has 0 spiro atoms. The molecule has 0 fully saturated rings. The number of carbonyl (C=O) groups is 2. The highest BCUT2D eigenvalue weighted by Crippen LogP contribution is 2.17. The molecule has 28 heavy (non-hydrogen) atoms. The topological polar surface area (TPSA) is 94.9 Å². The number of nitrogens with one attached hydrogen (secondary N) is 2. The Morgan fingerprint density at radius 2 is 1.43 bits per heavy atom. The maximum atomic E-state index is 12.6. The molecule has 0 saturated heterocycles. The molecule has 0 aliphatic carbocycles. The Morgan fingerprint density at radius 1 is 0.857 bits per heavy atom. The third-order valence-corrected chi connectivity index (χ3v) is 4.16. The average Bonchev–Trinajstić information content (AvgIpc) is 2.74. The molecule has 0 unspecified atom stereocenters. The van der Waals surface area contributed by atoms with E-state index in [1.54, 1.807) is 36.4 Å². The van der Waals surface area contributed by atoms with E-state index in [1.807, 2.05) is 37.3 Å². The lowest BCUT2D eigenvalue weighted by atomic mass is 10.1. The van der Waals surface area contributed by atoms with Crippen LogP contribution >= 0.6 is 0 Å². The van der Waals surface area contributed by atoms with E-state index in [0.717, 1.165) is 17.7 Å². The maximum absolute atomic E-state index is 12.6. The van der Waals surface area contributed by atoms with Gasteiger partial charge in [0.15, 0.2) is 0 Å². The number of hydrogen-bond acceptors (Lipinski definition) is 4. The van der Waals surface area contributed by atoms with Gasteiger partial charge in [-0.25, -0.2) is 4.98 Å². The van der Waals surface area contributed by atoms with E-state index < -0.39 is 11.8 Å². The van der Waals surface area contributed by atoms with Crippen molar-refractivity contribution in [3.8, 4) is 6.07 Å². The van der Waals surface area contributed by atoms with Gasteiger partial charge in [-0.05, 0) is 42.3 Å². The molecule has 0 atom stereocenters. The van der Waals surface area contributed by atoms with Crippen molar-refractivity contribution in [1.29, 1.82) is 5.26 Å². The highest BCUT2D eigenvalue weighted by Gasteiger charge is 2.14. The molecule has 1 heterocycles. The second-order valence-electron chi connectivity index (χ2n) is 5.98. The summed E-state index contributed by atoms with van der Waals surface area (Å²) in [6.07, 6.45) is 0.782. The predicted octanol–water partition coefficient (Wildman–Crippen LogP) is 4.02. The number of anilines is 2. The minimum atomic E-state index is -0.494. The molecule has 6 heteroatoms. The van der Waals surface area contributed by atoms with Gasteiger partial charge in [-0.3, -0.25) is 9.59 Å². The second kappa shape index (κ2) is 8.60. The lowest BCUT2D eigenvalue weighted by molar-refractivity contribution is 0.101. The van der Waals surface area contributed by atoms with Gasteiger partial charge in [0.2, 0.25) is 0 Å². The monoisotopic (exact) mass is 370 g/mol. The van der Waals surface area contributed by atoms with Crippen LogP contribution < -0.4 is 10.6 Å². The second-order valence-corrected chi connectivity index (χ2v) is 5.98. The Balaban J connectivity index is 1.79. The van der Waals surface area contributed by atoms with Crippen molar-refractivity contribution in [1.82, 2.24) is 4.98 Å². The Labute approximate surface area is 162 Å². The van der Waals surface area contributed by atoms with Crippen LogP contribution in [0.5, 0.6) is 0 Å². The zero-order valence-electron chi connectivity index (χ0n) is 15.3. The highest BCUT2D eigenvalue weighted by atomic mass is 16.2. The quantitative estimate of drug-likeness (QED) is 0.709. The van der Waals surface area contributed by atoms with Gasteiger partial charge >= 0.3 is 0 Å². The van der Waals surface area contributed by atoms with Crippen LogP contribution in [0.15, 0.2) is 66.7 Å². The Bertz CT molecular complexity index is 1070. The summed E-state index contributed by atoms with van der Waals surface area (Å²) in [5, 5.41) is 14.6. The van der Waals surface area contributed by atoms with Gasteiger partial charge < -0.3 is 10.6 Å². The van der Waals surface area contributed by atoms with Crippen molar-refractivity contribution < 1.29 is 9.59 Å². The minimum absolute atomic E-state index is 0.0872. The standard InChI is InChI=1S/C22H18N4O2/c1-2-15-8-3-5-10-17(15)25-21(27)19-12-7-13-20(24-19)22(28)26-18-11-6-4-9-16(18)14-23/h3-13H,2H2,1H3,(H,25,27)(H,26,28). The lowest BCUT2D eigenvalue weighted by Crippen LogP contribution is -2.19. The Hall–Kier alpha value is -3.98. The molecule has 138 valence electrons. The number of hydrogen-bond donors (Lipinski definition) is 2. The van der Waals surface area contributed by atoms with E-state index in [-0.39, 0.29) is 11.4 Å². The average molecular weight is 370 g/mol. The van der Waals surface area contributed by atoms with Crippen molar-refractivity contribution >= 4 is 23.2 Å². The fraction of sp³-hybridized carbons (Fsp3) is 0.0909. The molecule has 3 aromatic rings. The zero-order chi connectivity index (χ0) is 19.9. The molecule has 0 aliphatic heterocycles. The van der Waals surface area contributed by atoms with Crippen molar-refractivity contribution in [3.63, 3.8) is 0 Å². The first kappa shape index (κ1) is 18.8. The molecule has 6 nitrogen and oxygen atoms in total. The van der Waals surface area contributed by atoms with Crippen LogP contribution in [0.4, 0.5) is 11.4 Å². The molecule has 2 amide bonds. The van der Waals surface area contributed by atoms with Gasteiger partial charge in [0.1, 0.15) is 17.5 Å². The first-order valence-corrected chi connectivity index (χ1v) is 8.79. The van der Waals surface area contributed by atoms with Crippen LogP contribution in [-0.2, 0) is 6.42 Å². The number of aryl methyl sites for hydroxylation is 1. The fourth-order valence-corrected chi connectivity index (χ4v) is 2.70. The Kier molecular flexibility index (Phi) is 5.78. The number of rotatable bonds is 5. The first-order valence-electron chi connectivity index (χ1n) is 8.79. The number of aromatic nitrogens is 1. The number of carbonyl (C=O) groups excluding carboxylic acids is 2. The van der Waals surface area contributed by atoms with Crippen molar-refractivity contribution in [2.45, 2.75) is 13.3 Å². The van der Waals surface area contributed by atoms with Gasteiger partial charge in [0, 0.05) is 5.69 Å². The smallest absolute Gasteiger partial charge is 0.274 e.